The molecule has 1 amide bonds. The van der Waals surface area contributed by atoms with Gasteiger partial charge >= 0.3 is 0 Å². The van der Waals surface area contributed by atoms with E-state index in [0.717, 1.165) is 6.42 Å². The zero-order valence-corrected chi connectivity index (χ0v) is 9.93. The number of hydrogen-bond donors (Lipinski definition) is 1. The van der Waals surface area contributed by atoms with E-state index in [1.165, 1.54) is 0 Å². The summed E-state index contributed by atoms with van der Waals surface area (Å²) >= 11 is 0. The quantitative estimate of drug-likeness (QED) is 0.827. The summed E-state index contributed by atoms with van der Waals surface area (Å²) < 4.78 is 5.38. The molecule has 5 heteroatoms. The second kappa shape index (κ2) is 5.14. The zero-order chi connectivity index (χ0) is 12.3. The Labute approximate surface area is 101 Å². The maximum Gasteiger partial charge on any atom is 0.254 e. The summed E-state index contributed by atoms with van der Waals surface area (Å²) in [6, 6.07) is 3.47. The Balaban J connectivity index is 2.18. The van der Waals surface area contributed by atoms with Crippen LogP contribution >= 0.6 is 0 Å². The van der Waals surface area contributed by atoms with Gasteiger partial charge in [0.2, 0.25) is 0 Å². The Morgan fingerprint density at radius 1 is 1.71 bits per heavy atom. The van der Waals surface area contributed by atoms with Crippen molar-refractivity contribution >= 4 is 11.7 Å². The van der Waals surface area contributed by atoms with Gasteiger partial charge in [-0.2, -0.15) is 0 Å². The molecule has 0 saturated carbocycles. The van der Waals surface area contributed by atoms with Crippen molar-refractivity contribution in [1.82, 2.24) is 9.88 Å². The monoisotopic (exact) mass is 235 g/mol. The first-order valence-electron chi connectivity index (χ1n) is 5.82. The number of nitrogen functional groups attached to an aromatic ring is 1. The summed E-state index contributed by atoms with van der Waals surface area (Å²) in [4.78, 5) is 18.1. The standard InChI is InChI=1S/C12H17N3O2/c1-2-10-8-17-6-5-15(10)12(16)9-3-4-14-11(13)7-9/h3-4,7,10H,2,5-6,8H2,1H3,(H2,13,14). The number of rotatable bonds is 2. The number of pyridine rings is 1. The van der Waals surface area contributed by atoms with E-state index in [1.54, 1.807) is 18.3 Å². The smallest absolute Gasteiger partial charge is 0.254 e. The van der Waals surface area contributed by atoms with Crippen molar-refractivity contribution < 1.29 is 9.53 Å². The lowest BCUT2D eigenvalue weighted by atomic mass is 10.1. The van der Waals surface area contributed by atoms with Gasteiger partial charge in [0.15, 0.2) is 0 Å². The number of morpholine rings is 1. The van der Waals surface area contributed by atoms with Crippen molar-refractivity contribution in [2.75, 3.05) is 25.5 Å². The number of anilines is 1. The highest BCUT2D eigenvalue weighted by atomic mass is 16.5. The molecule has 0 bridgehead atoms. The first-order chi connectivity index (χ1) is 8.22. The second-order valence-electron chi connectivity index (χ2n) is 4.10. The molecule has 17 heavy (non-hydrogen) atoms. The number of carbonyl (C=O) groups is 1. The Morgan fingerprint density at radius 3 is 3.24 bits per heavy atom. The Hall–Kier alpha value is -1.62. The molecule has 5 nitrogen and oxygen atoms in total. The predicted octanol–water partition coefficient (Wildman–Crippen LogP) is 0.915. The Bertz CT molecular complexity index is 408. The van der Waals surface area contributed by atoms with Crippen LogP contribution in [0, 0.1) is 0 Å². The van der Waals surface area contributed by atoms with Crippen LogP contribution in [-0.4, -0.2) is 41.6 Å². The molecular weight excluding hydrogens is 218 g/mol. The summed E-state index contributed by atoms with van der Waals surface area (Å²) in [6.07, 6.45) is 2.45. The minimum atomic E-state index is 0.00856. The van der Waals surface area contributed by atoms with Gasteiger partial charge in [-0.1, -0.05) is 6.92 Å². The number of ether oxygens (including phenoxy) is 1. The van der Waals surface area contributed by atoms with Crippen molar-refractivity contribution in [3.05, 3.63) is 23.9 Å². The van der Waals surface area contributed by atoms with Crippen molar-refractivity contribution in [3.63, 3.8) is 0 Å². The molecule has 1 aromatic rings. The van der Waals surface area contributed by atoms with Gasteiger partial charge in [-0.15, -0.1) is 0 Å². The fraction of sp³-hybridized carbons (Fsp3) is 0.500. The van der Waals surface area contributed by atoms with Crippen molar-refractivity contribution in [1.29, 1.82) is 0 Å². The molecule has 1 fully saturated rings. The highest BCUT2D eigenvalue weighted by Crippen LogP contribution is 2.15. The van der Waals surface area contributed by atoms with Crippen molar-refractivity contribution in [3.8, 4) is 0 Å². The van der Waals surface area contributed by atoms with E-state index in [2.05, 4.69) is 11.9 Å². The van der Waals surface area contributed by atoms with Gasteiger partial charge in [-0.05, 0) is 18.6 Å². The fourth-order valence-corrected chi connectivity index (χ4v) is 2.01. The third kappa shape index (κ3) is 2.55. The molecular formula is C12H17N3O2. The van der Waals surface area contributed by atoms with Crippen LogP contribution in [0.2, 0.25) is 0 Å². The minimum absolute atomic E-state index is 0.00856. The predicted molar refractivity (Wildman–Crippen MR) is 64.6 cm³/mol. The molecule has 0 aliphatic carbocycles. The van der Waals surface area contributed by atoms with E-state index in [4.69, 9.17) is 10.5 Å². The summed E-state index contributed by atoms with van der Waals surface area (Å²) in [5.41, 5.74) is 6.18. The number of carbonyl (C=O) groups excluding carboxylic acids is 1. The average Bonchev–Trinajstić information content (AvgIpc) is 2.38. The normalized spacial score (nSPS) is 20.3. The molecule has 92 valence electrons. The summed E-state index contributed by atoms with van der Waals surface area (Å²) in [7, 11) is 0. The first-order valence-corrected chi connectivity index (χ1v) is 5.82. The van der Waals surface area contributed by atoms with Crippen LogP contribution in [0.25, 0.3) is 0 Å². The van der Waals surface area contributed by atoms with Gasteiger partial charge in [-0.3, -0.25) is 4.79 Å². The molecule has 1 atom stereocenters. The largest absolute Gasteiger partial charge is 0.384 e. The molecule has 2 heterocycles. The number of aromatic nitrogens is 1. The molecule has 1 aromatic heterocycles. The molecule has 1 unspecified atom stereocenters. The first kappa shape index (κ1) is 11.9. The number of hydrogen-bond acceptors (Lipinski definition) is 4. The van der Waals surface area contributed by atoms with Gasteiger partial charge in [0.25, 0.3) is 5.91 Å². The maximum absolute atomic E-state index is 12.3. The van der Waals surface area contributed by atoms with E-state index in [1.807, 2.05) is 4.90 Å². The second-order valence-corrected chi connectivity index (χ2v) is 4.10. The number of nitrogens with two attached hydrogens (primary N) is 1. The van der Waals surface area contributed by atoms with Gasteiger partial charge < -0.3 is 15.4 Å². The van der Waals surface area contributed by atoms with E-state index < -0.39 is 0 Å². The van der Waals surface area contributed by atoms with E-state index in [-0.39, 0.29) is 11.9 Å². The van der Waals surface area contributed by atoms with Gasteiger partial charge in [-0.25, -0.2) is 4.98 Å². The zero-order valence-electron chi connectivity index (χ0n) is 9.93. The van der Waals surface area contributed by atoms with Gasteiger partial charge in [0, 0.05) is 18.3 Å². The summed E-state index contributed by atoms with van der Waals surface area (Å²) in [5.74, 6) is 0.381. The van der Waals surface area contributed by atoms with Gasteiger partial charge in [0.05, 0.1) is 19.3 Å². The molecule has 0 radical (unpaired) electrons. The van der Waals surface area contributed by atoms with Crippen LogP contribution in [0.4, 0.5) is 5.82 Å². The highest BCUT2D eigenvalue weighted by Gasteiger charge is 2.26. The van der Waals surface area contributed by atoms with E-state index in [9.17, 15) is 4.79 Å². The molecule has 1 aliphatic rings. The Morgan fingerprint density at radius 2 is 2.53 bits per heavy atom. The average molecular weight is 235 g/mol. The fourth-order valence-electron chi connectivity index (χ4n) is 2.01. The van der Waals surface area contributed by atoms with Crippen LogP contribution in [0.15, 0.2) is 18.3 Å². The summed E-state index contributed by atoms with van der Waals surface area (Å²) in [6.45, 7) is 3.91. The van der Waals surface area contributed by atoms with Crippen LogP contribution in [0.3, 0.4) is 0 Å². The topological polar surface area (TPSA) is 68.5 Å². The van der Waals surface area contributed by atoms with Crippen molar-refractivity contribution in [2.45, 2.75) is 19.4 Å². The number of nitrogens with zero attached hydrogens (tertiary/aromatic N) is 2. The van der Waals surface area contributed by atoms with Crippen LogP contribution < -0.4 is 5.73 Å². The van der Waals surface area contributed by atoms with Crippen LogP contribution in [0.1, 0.15) is 23.7 Å². The number of amides is 1. The van der Waals surface area contributed by atoms with Crippen LogP contribution in [0.5, 0.6) is 0 Å². The molecule has 2 rings (SSSR count). The van der Waals surface area contributed by atoms with Crippen LogP contribution in [-0.2, 0) is 4.74 Å². The molecule has 0 spiro atoms. The SMILES string of the molecule is CCC1COCCN1C(=O)c1ccnc(N)c1. The lowest BCUT2D eigenvalue weighted by Gasteiger charge is -2.35. The third-order valence-corrected chi connectivity index (χ3v) is 2.99. The lowest BCUT2D eigenvalue weighted by Crippen LogP contribution is -2.48. The Kier molecular flexibility index (Phi) is 3.58. The lowest BCUT2D eigenvalue weighted by molar-refractivity contribution is -0.00279. The van der Waals surface area contributed by atoms with E-state index >= 15 is 0 Å². The van der Waals surface area contributed by atoms with Crippen molar-refractivity contribution in [2.24, 2.45) is 0 Å². The third-order valence-electron chi connectivity index (χ3n) is 2.99. The molecule has 1 saturated heterocycles. The molecule has 2 N–H and O–H groups in total. The minimum Gasteiger partial charge on any atom is -0.384 e. The van der Waals surface area contributed by atoms with Gasteiger partial charge in [0.1, 0.15) is 5.82 Å². The highest BCUT2D eigenvalue weighted by molar-refractivity contribution is 5.95. The van der Waals surface area contributed by atoms with E-state index in [0.29, 0.717) is 31.1 Å². The summed E-state index contributed by atoms with van der Waals surface area (Å²) in [5, 5.41) is 0. The molecule has 1 aliphatic heterocycles. The molecule has 0 aromatic carbocycles. The maximum atomic E-state index is 12.3.